The van der Waals surface area contributed by atoms with Gasteiger partial charge in [-0.1, -0.05) is 212 Å². The van der Waals surface area contributed by atoms with Crippen molar-refractivity contribution >= 4 is 75.1 Å². The first-order valence-electron chi connectivity index (χ1n) is 25.3. The quantitative estimate of drug-likeness (QED) is 0.152. The summed E-state index contributed by atoms with van der Waals surface area (Å²) in [5.74, 6) is 1.85. The molecule has 11 aromatic carbocycles. The van der Waals surface area contributed by atoms with E-state index in [1.54, 1.807) is 0 Å². The van der Waals surface area contributed by atoms with Gasteiger partial charge in [-0.3, -0.25) is 0 Å². The maximum atomic E-state index is 5.27. The molecule has 0 aliphatic heterocycles. The van der Waals surface area contributed by atoms with Gasteiger partial charge < -0.3 is 9.13 Å². The normalized spacial score (nSPS) is 11.7. The predicted molar refractivity (Wildman–Crippen MR) is 314 cm³/mol. The molecular formula is C69H43N5S. The fourth-order valence-electron chi connectivity index (χ4n) is 11.3. The molecule has 6 heteroatoms. The Morgan fingerprint density at radius 1 is 0.240 bits per heavy atom. The zero-order chi connectivity index (χ0) is 49.4. The number of hydrogen-bond donors (Lipinski definition) is 0. The minimum Gasteiger partial charge on any atom is -0.308 e. The van der Waals surface area contributed by atoms with E-state index in [0.717, 1.165) is 55.8 Å². The van der Waals surface area contributed by atoms with Crippen molar-refractivity contribution < 1.29 is 0 Å². The number of hydrogen-bond acceptors (Lipinski definition) is 4. The van der Waals surface area contributed by atoms with Crippen molar-refractivity contribution in [1.82, 2.24) is 24.1 Å². The van der Waals surface area contributed by atoms with Crippen molar-refractivity contribution in [2.45, 2.75) is 0 Å². The lowest BCUT2D eigenvalue weighted by atomic mass is 9.99. The van der Waals surface area contributed by atoms with Gasteiger partial charge >= 0.3 is 0 Å². The minimum atomic E-state index is 0.611. The molecule has 350 valence electrons. The number of para-hydroxylation sites is 2. The second-order valence-electron chi connectivity index (χ2n) is 19.1. The fraction of sp³-hybridized carbons (Fsp3) is 0. The smallest absolute Gasteiger partial charge is 0.164 e. The van der Waals surface area contributed by atoms with Crippen LogP contribution in [0, 0.1) is 0 Å². The lowest BCUT2D eigenvalue weighted by Crippen LogP contribution is -2.01. The highest BCUT2D eigenvalue weighted by atomic mass is 32.1. The number of thiophene rings is 1. The van der Waals surface area contributed by atoms with Crippen molar-refractivity contribution in [3.63, 3.8) is 0 Å². The Balaban J connectivity index is 0.894. The summed E-state index contributed by atoms with van der Waals surface area (Å²) in [4.78, 5) is 15.7. The molecular weight excluding hydrogens is 931 g/mol. The fourth-order valence-corrected chi connectivity index (χ4v) is 12.6. The van der Waals surface area contributed by atoms with Gasteiger partial charge in [-0.2, -0.15) is 0 Å². The summed E-state index contributed by atoms with van der Waals surface area (Å²) < 4.78 is 7.46. The third-order valence-electron chi connectivity index (χ3n) is 14.8. The van der Waals surface area contributed by atoms with Gasteiger partial charge in [0.2, 0.25) is 0 Å². The van der Waals surface area contributed by atoms with Gasteiger partial charge in [0.15, 0.2) is 17.5 Å². The van der Waals surface area contributed by atoms with E-state index >= 15 is 0 Å². The van der Waals surface area contributed by atoms with E-state index in [2.05, 4.69) is 258 Å². The van der Waals surface area contributed by atoms with E-state index in [4.69, 9.17) is 15.0 Å². The first kappa shape index (κ1) is 42.9. The van der Waals surface area contributed by atoms with E-state index in [1.165, 1.54) is 69.4 Å². The predicted octanol–water partition coefficient (Wildman–Crippen LogP) is 18.4. The largest absolute Gasteiger partial charge is 0.308 e. The summed E-state index contributed by atoms with van der Waals surface area (Å²) in [6, 6.07) is 93.2. The third kappa shape index (κ3) is 7.10. The van der Waals surface area contributed by atoms with Gasteiger partial charge in [0, 0.05) is 60.4 Å². The van der Waals surface area contributed by atoms with Crippen LogP contribution in [0.3, 0.4) is 0 Å². The topological polar surface area (TPSA) is 48.5 Å². The number of nitrogens with zero attached hydrogens (tertiary/aromatic N) is 5. The lowest BCUT2D eigenvalue weighted by Gasteiger charge is -2.13. The third-order valence-corrected chi connectivity index (χ3v) is 16.1. The van der Waals surface area contributed by atoms with Gasteiger partial charge in [-0.15, -0.1) is 11.3 Å². The molecule has 0 spiro atoms. The molecule has 4 aromatic heterocycles. The van der Waals surface area contributed by atoms with Crippen LogP contribution in [0.2, 0.25) is 0 Å². The van der Waals surface area contributed by atoms with Gasteiger partial charge in [-0.25, -0.2) is 15.0 Å². The molecule has 0 aliphatic carbocycles. The molecule has 4 heterocycles. The molecule has 0 saturated carbocycles. The van der Waals surface area contributed by atoms with Crippen LogP contribution in [-0.2, 0) is 0 Å². The summed E-state index contributed by atoms with van der Waals surface area (Å²) in [6.07, 6.45) is 0. The standard InChI is InChI=1S/C69H43N5S/c1-4-16-44(17-5-1)46-28-30-49(31-29-46)67-70-68(72-69(71-67)60-25-11-10-22-53(60)48-20-8-3-9-21-48)50-34-38-52(39-35-50)74-62-27-15-13-24-55(62)57-41-43-59-58-42-40-56-54-23-12-14-26-61(54)73(63(56)65(58)75-66(59)64(57)74)51-36-32-47(33-37-51)45-18-6-2-7-19-45/h1-43H. The van der Waals surface area contributed by atoms with Gasteiger partial charge in [0.25, 0.3) is 0 Å². The van der Waals surface area contributed by atoms with Crippen LogP contribution in [0.25, 0.3) is 143 Å². The second kappa shape index (κ2) is 17.5. The van der Waals surface area contributed by atoms with Crippen molar-refractivity contribution in [1.29, 1.82) is 0 Å². The molecule has 15 aromatic rings. The molecule has 0 amide bonds. The van der Waals surface area contributed by atoms with Gasteiger partial charge in [0.05, 0.1) is 31.5 Å². The van der Waals surface area contributed by atoms with Crippen molar-refractivity contribution in [3.05, 3.63) is 261 Å². The van der Waals surface area contributed by atoms with E-state index in [-0.39, 0.29) is 0 Å². The van der Waals surface area contributed by atoms with Crippen molar-refractivity contribution in [3.8, 4) is 78.9 Å². The summed E-state index contributed by atoms with van der Waals surface area (Å²) in [5, 5.41) is 7.45. The highest BCUT2D eigenvalue weighted by molar-refractivity contribution is 7.27. The number of benzene rings is 11. The molecule has 0 bridgehead atoms. The summed E-state index contributed by atoms with van der Waals surface area (Å²) in [6.45, 7) is 0. The summed E-state index contributed by atoms with van der Waals surface area (Å²) in [5.41, 5.74) is 16.6. The molecule has 15 rings (SSSR count). The maximum absolute atomic E-state index is 5.27. The molecule has 0 radical (unpaired) electrons. The van der Waals surface area contributed by atoms with Crippen LogP contribution >= 0.6 is 11.3 Å². The average molecular weight is 974 g/mol. The zero-order valence-corrected chi connectivity index (χ0v) is 41.3. The van der Waals surface area contributed by atoms with Crippen LogP contribution < -0.4 is 0 Å². The average Bonchev–Trinajstić information content (AvgIpc) is 4.26. The summed E-state index contributed by atoms with van der Waals surface area (Å²) >= 11 is 1.90. The first-order chi connectivity index (χ1) is 37.2. The lowest BCUT2D eigenvalue weighted by molar-refractivity contribution is 1.07. The van der Waals surface area contributed by atoms with Gasteiger partial charge in [0.1, 0.15) is 0 Å². The second-order valence-corrected chi connectivity index (χ2v) is 20.1. The molecule has 0 unspecified atom stereocenters. The molecule has 5 nitrogen and oxygen atoms in total. The number of fused-ring (bicyclic) bond motifs is 11. The molecule has 0 saturated heterocycles. The van der Waals surface area contributed by atoms with Crippen LogP contribution in [0.4, 0.5) is 0 Å². The Labute approximate surface area is 436 Å². The maximum Gasteiger partial charge on any atom is 0.164 e. The Morgan fingerprint density at radius 2 is 0.587 bits per heavy atom. The Hall–Kier alpha value is -9.75. The molecule has 0 fully saturated rings. The Morgan fingerprint density at radius 3 is 1.08 bits per heavy atom. The Bertz CT molecular complexity index is 4650. The van der Waals surface area contributed by atoms with Crippen LogP contribution in [0.15, 0.2) is 261 Å². The van der Waals surface area contributed by atoms with Crippen LogP contribution in [0.1, 0.15) is 0 Å². The van der Waals surface area contributed by atoms with E-state index in [9.17, 15) is 0 Å². The zero-order valence-electron chi connectivity index (χ0n) is 40.5. The Kier molecular flexibility index (Phi) is 10.00. The molecule has 0 aliphatic rings. The number of rotatable bonds is 8. The van der Waals surface area contributed by atoms with Crippen LogP contribution in [-0.4, -0.2) is 24.1 Å². The first-order valence-corrected chi connectivity index (χ1v) is 26.2. The molecule has 0 N–H and O–H groups in total. The summed E-state index contributed by atoms with van der Waals surface area (Å²) in [7, 11) is 0. The molecule has 0 atom stereocenters. The van der Waals surface area contributed by atoms with Crippen molar-refractivity contribution in [2.75, 3.05) is 0 Å². The minimum absolute atomic E-state index is 0.611. The highest BCUT2D eigenvalue weighted by Gasteiger charge is 2.23. The SMILES string of the molecule is c1ccc(-c2ccc(-c3nc(-c4ccc(-n5c6ccccc6c6ccc7c8ccc9c%10ccccc%10n(-c%10ccc(-c%11ccccc%11)cc%10)c9c8sc7c65)cc4)nc(-c4ccccc4-c4ccccc4)n3)cc2)cc1. The van der Waals surface area contributed by atoms with Gasteiger partial charge in [-0.05, 0) is 81.9 Å². The van der Waals surface area contributed by atoms with E-state index in [1.807, 2.05) is 23.5 Å². The van der Waals surface area contributed by atoms with Crippen LogP contribution in [0.5, 0.6) is 0 Å². The molecule has 75 heavy (non-hydrogen) atoms. The monoisotopic (exact) mass is 973 g/mol. The van der Waals surface area contributed by atoms with E-state index < -0.39 is 0 Å². The van der Waals surface area contributed by atoms with Crippen molar-refractivity contribution in [2.24, 2.45) is 0 Å². The number of aromatic nitrogens is 5. The highest BCUT2D eigenvalue weighted by Crippen LogP contribution is 2.47. The van der Waals surface area contributed by atoms with E-state index in [0.29, 0.717) is 17.5 Å².